The Labute approximate surface area is 200 Å². The highest BCUT2D eigenvalue weighted by Crippen LogP contribution is 2.34. The van der Waals surface area contributed by atoms with Gasteiger partial charge in [0.1, 0.15) is 10.6 Å². The van der Waals surface area contributed by atoms with Crippen LogP contribution >= 0.6 is 11.3 Å². The summed E-state index contributed by atoms with van der Waals surface area (Å²) >= 11 is 1.54. The lowest BCUT2D eigenvalue weighted by Crippen LogP contribution is -2.23. The summed E-state index contributed by atoms with van der Waals surface area (Å²) in [5.41, 5.74) is 3.25. The van der Waals surface area contributed by atoms with Gasteiger partial charge in [-0.1, -0.05) is 48.5 Å². The van der Waals surface area contributed by atoms with E-state index < -0.39 is 10.8 Å². The molecule has 0 atom stereocenters. The molecule has 0 radical (unpaired) electrons. The lowest BCUT2D eigenvalue weighted by atomic mass is 10.1. The van der Waals surface area contributed by atoms with Gasteiger partial charge >= 0.3 is 0 Å². The Morgan fingerprint density at radius 1 is 1.00 bits per heavy atom. The van der Waals surface area contributed by atoms with Crippen molar-refractivity contribution in [3.05, 3.63) is 93.4 Å². The topological polar surface area (TPSA) is 104 Å². The highest BCUT2D eigenvalue weighted by molar-refractivity contribution is 7.13. The molecule has 0 saturated carbocycles. The van der Waals surface area contributed by atoms with E-state index >= 15 is 0 Å². The maximum absolute atomic E-state index is 12.8. The Bertz CT molecular complexity index is 1340. The molecule has 34 heavy (non-hydrogen) atoms. The molecule has 0 bridgehead atoms. The van der Waals surface area contributed by atoms with Crippen molar-refractivity contribution in [3.8, 4) is 33.3 Å². The molecule has 172 valence electrons. The van der Waals surface area contributed by atoms with E-state index in [0.29, 0.717) is 0 Å². The van der Waals surface area contributed by atoms with Crippen LogP contribution in [-0.4, -0.2) is 30.0 Å². The summed E-state index contributed by atoms with van der Waals surface area (Å²) in [5, 5.41) is 17.1. The molecule has 0 aliphatic heterocycles. The quantitative estimate of drug-likeness (QED) is 0.273. The predicted molar refractivity (Wildman–Crippen MR) is 130 cm³/mol. The summed E-state index contributed by atoms with van der Waals surface area (Å²) in [6, 6.07) is 20.1. The van der Waals surface area contributed by atoms with Crippen LogP contribution in [0.3, 0.4) is 0 Å². The van der Waals surface area contributed by atoms with E-state index in [1.54, 1.807) is 11.3 Å². The van der Waals surface area contributed by atoms with Crippen LogP contribution < -0.4 is 14.8 Å². The number of hydrogen-bond acceptors (Lipinski definition) is 7. The van der Waals surface area contributed by atoms with Gasteiger partial charge in [0.2, 0.25) is 0 Å². The second-order valence-corrected chi connectivity index (χ2v) is 8.13. The Balaban J connectivity index is 1.52. The number of nitro groups is 1. The maximum atomic E-state index is 12.8. The van der Waals surface area contributed by atoms with Crippen molar-refractivity contribution >= 4 is 22.9 Å². The average molecular weight is 476 g/mol. The minimum Gasteiger partial charge on any atom is -0.493 e. The molecule has 4 rings (SSSR count). The standard InChI is InChI=1S/C25H21N3O5S/c1-32-22-12-19(21(28(30)31)13-23(22)33-2)24(29)26-14-16-7-6-10-18(11-16)25-27-20(15-34-25)17-8-4-3-5-9-17/h3-13,15H,14H2,1-2H3,(H,26,29). The zero-order valence-electron chi connectivity index (χ0n) is 18.5. The number of nitro benzene ring substituents is 1. The summed E-state index contributed by atoms with van der Waals surface area (Å²) < 4.78 is 10.3. The molecule has 1 amide bonds. The minimum atomic E-state index is -0.621. The molecule has 0 spiro atoms. The normalized spacial score (nSPS) is 10.5. The van der Waals surface area contributed by atoms with Crippen LogP contribution in [0.15, 0.2) is 72.1 Å². The van der Waals surface area contributed by atoms with Gasteiger partial charge in [-0.3, -0.25) is 14.9 Å². The van der Waals surface area contributed by atoms with E-state index in [4.69, 9.17) is 14.5 Å². The number of amides is 1. The van der Waals surface area contributed by atoms with Crippen LogP contribution in [0, 0.1) is 10.1 Å². The number of ether oxygens (including phenoxy) is 2. The number of carbonyl (C=O) groups is 1. The first kappa shape index (κ1) is 22.9. The highest BCUT2D eigenvalue weighted by Gasteiger charge is 2.24. The second kappa shape index (κ2) is 10.1. The van der Waals surface area contributed by atoms with Crippen molar-refractivity contribution in [2.24, 2.45) is 0 Å². The maximum Gasteiger partial charge on any atom is 0.286 e. The largest absolute Gasteiger partial charge is 0.493 e. The monoisotopic (exact) mass is 475 g/mol. The van der Waals surface area contributed by atoms with Crippen LogP contribution in [0.4, 0.5) is 5.69 Å². The Hall–Kier alpha value is -4.24. The summed E-state index contributed by atoms with van der Waals surface area (Å²) in [6.07, 6.45) is 0. The first-order chi connectivity index (χ1) is 16.5. The fourth-order valence-corrected chi connectivity index (χ4v) is 4.27. The van der Waals surface area contributed by atoms with Crippen molar-refractivity contribution in [1.29, 1.82) is 0 Å². The lowest BCUT2D eigenvalue weighted by molar-refractivity contribution is -0.385. The molecule has 9 heteroatoms. The SMILES string of the molecule is COc1cc(C(=O)NCc2cccc(-c3nc(-c4ccccc4)cs3)c2)c([N+](=O)[O-])cc1OC. The van der Waals surface area contributed by atoms with E-state index in [1.807, 2.05) is 60.0 Å². The smallest absolute Gasteiger partial charge is 0.286 e. The van der Waals surface area contributed by atoms with Crippen molar-refractivity contribution in [3.63, 3.8) is 0 Å². The Kier molecular flexibility index (Phi) is 6.84. The number of benzene rings is 3. The minimum absolute atomic E-state index is 0.105. The zero-order valence-corrected chi connectivity index (χ0v) is 19.3. The van der Waals surface area contributed by atoms with Crippen LogP contribution in [0.1, 0.15) is 15.9 Å². The van der Waals surface area contributed by atoms with Gasteiger partial charge in [-0.05, 0) is 11.6 Å². The fourth-order valence-electron chi connectivity index (χ4n) is 3.44. The van der Waals surface area contributed by atoms with Gasteiger partial charge in [-0.25, -0.2) is 4.98 Å². The lowest BCUT2D eigenvalue weighted by Gasteiger charge is -2.11. The number of thiazole rings is 1. The van der Waals surface area contributed by atoms with Gasteiger partial charge in [0, 0.05) is 29.1 Å². The number of hydrogen-bond donors (Lipinski definition) is 1. The van der Waals surface area contributed by atoms with E-state index in [1.165, 1.54) is 26.4 Å². The highest BCUT2D eigenvalue weighted by atomic mass is 32.1. The molecule has 4 aromatic rings. The number of nitrogens with zero attached hydrogens (tertiary/aromatic N) is 2. The van der Waals surface area contributed by atoms with Crippen molar-refractivity contribution < 1.29 is 19.2 Å². The summed E-state index contributed by atoms with van der Waals surface area (Å²) in [7, 11) is 2.78. The van der Waals surface area contributed by atoms with E-state index in [-0.39, 0.29) is 29.3 Å². The van der Waals surface area contributed by atoms with Crippen LogP contribution in [0.25, 0.3) is 21.8 Å². The van der Waals surface area contributed by atoms with Crippen LogP contribution in [0.5, 0.6) is 11.5 Å². The molecule has 1 N–H and O–H groups in total. The molecule has 1 heterocycles. The van der Waals surface area contributed by atoms with E-state index in [0.717, 1.165) is 27.4 Å². The van der Waals surface area contributed by atoms with Crippen LogP contribution in [-0.2, 0) is 6.54 Å². The number of carbonyl (C=O) groups excluding carboxylic acids is 1. The molecule has 0 aliphatic carbocycles. The Morgan fingerprint density at radius 3 is 2.41 bits per heavy atom. The summed E-state index contributed by atoms with van der Waals surface area (Å²) in [5.74, 6) is -0.173. The third-order valence-corrected chi connectivity index (χ3v) is 6.04. The summed E-state index contributed by atoms with van der Waals surface area (Å²) in [6.45, 7) is 0.190. The van der Waals surface area contributed by atoms with Crippen molar-refractivity contribution in [2.75, 3.05) is 14.2 Å². The number of rotatable bonds is 8. The van der Waals surface area contributed by atoms with Crippen molar-refractivity contribution in [2.45, 2.75) is 6.54 Å². The second-order valence-electron chi connectivity index (χ2n) is 7.27. The van der Waals surface area contributed by atoms with Crippen LogP contribution in [0.2, 0.25) is 0 Å². The molecule has 0 saturated heterocycles. The average Bonchev–Trinajstić information content (AvgIpc) is 3.37. The van der Waals surface area contributed by atoms with Gasteiger partial charge in [0.25, 0.3) is 11.6 Å². The number of methoxy groups -OCH3 is 2. The zero-order chi connectivity index (χ0) is 24.1. The molecule has 8 nitrogen and oxygen atoms in total. The number of aromatic nitrogens is 1. The number of nitrogens with one attached hydrogen (secondary N) is 1. The summed E-state index contributed by atoms with van der Waals surface area (Å²) in [4.78, 5) is 28.4. The van der Waals surface area contributed by atoms with Gasteiger partial charge in [-0.15, -0.1) is 11.3 Å². The van der Waals surface area contributed by atoms with E-state index in [9.17, 15) is 14.9 Å². The molecule has 1 aromatic heterocycles. The molecular formula is C25H21N3O5S. The molecule has 0 fully saturated rings. The first-order valence-electron chi connectivity index (χ1n) is 10.3. The third kappa shape index (κ3) is 4.89. The molecule has 0 aliphatic rings. The molecule has 3 aromatic carbocycles. The van der Waals surface area contributed by atoms with Gasteiger partial charge < -0.3 is 14.8 Å². The predicted octanol–water partition coefficient (Wildman–Crippen LogP) is 5.33. The Morgan fingerprint density at radius 2 is 1.71 bits per heavy atom. The fraction of sp³-hybridized carbons (Fsp3) is 0.120. The van der Waals surface area contributed by atoms with Crippen molar-refractivity contribution in [1.82, 2.24) is 10.3 Å². The van der Waals surface area contributed by atoms with Gasteiger partial charge in [0.05, 0.1) is 30.9 Å². The molecular weight excluding hydrogens is 454 g/mol. The van der Waals surface area contributed by atoms with Gasteiger partial charge in [-0.2, -0.15) is 0 Å². The first-order valence-corrected chi connectivity index (χ1v) is 11.2. The van der Waals surface area contributed by atoms with E-state index in [2.05, 4.69) is 5.32 Å². The molecule has 0 unspecified atom stereocenters. The van der Waals surface area contributed by atoms with Gasteiger partial charge in [0.15, 0.2) is 11.5 Å². The third-order valence-electron chi connectivity index (χ3n) is 5.14.